The molecule has 0 aliphatic carbocycles. The Morgan fingerprint density at radius 1 is 1.15 bits per heavy atom. The third-order valence-electron chi connectivity index (χ3n) is 3.58. The van der Waals surface area contributed by atoms with Gasteiger partial charge in [0.25, 0.3) is 11.6 Å². The van der Waals surface area contributed by atoms with Crippen molar-refractivity contribution in [2.24, 2.45) is 0 Å². The summed E-state index contributed by atoms with van der Waals surface area (Å²) in [4.78, 5) is 34.6. The van der Waals surface area contributed by atoms with Crippen molar-refractivity contribution in [3.05, 3.63) is 69.1 Å². The zero-order valence-electron chi connectivity index (χ0n) is 13.7. The molecule has 0 unspecified atom stereocenters. The average molecular weight is 370 g/mol. The van der Waals surface area contributed by atoms with Crippen molar-refractivity contribution in [1.82, 2.24) is 0 Å². The van der Waals surface area contributed by atoms with Crippen LogP contribution in [-0.4, -0.2) is 23.4 Å². The van der Waals surface area contributed by atoms with E-state index in [4.69, 9.17) is 4.74 Å². The fourth-order valence-corrected chi connectivity index (χ4v) is 3.22. The van der Waals surface area contributed by atoms with E-state index >= 15 is 0 Å². The summed E-state index contributed by atoms with van der Waals surface area (Å²) < 4.78 is 5.75. The van der Waals surface area contributed by atoms with Gasteiger partial charge in [-0.15, -0.1) is 11.3 Å². The molecule has 26 heavy (non-hydrogen) atoms. The van der Waals surface area contributed by atoms with Crippen LogP contribution in [0.3, 0.4) is 0 Å². The van der Waals surface area contributed by atoms with Crippen molar-refractivity contribution in [1.29, 1.82) is 0 Å². The molecular formula is C18H14N2O5S. The Kier molecular flexibility index (Phi) is 4.94. The average Bonchev–Trinajstić information content (AvgIpc) is 3.05. The number of thiophene rings is 1. The smallest absolute Gasteiger partial charge is 0.348 e. The second kappa shape index (κ2) is 7.32. The highest BCUT2D eigenvalue weighted by Gasteiger charge is 2.15. The Balaban J connectivity index is 1.62. The zero-order valence-corrected chi connectivity index (χ0v) is 14.5. The maximum atomic E-state index is 12.1. The van der Waals surface area contributed by atoms with Gasteiger partial charge in [0.1, 0.15) is 4.88 Å². The highest BCUT2D eigenvalue weighted by Crippen LogP contribution is 2.29. The van der Waals surface area contributed by atoms with Gasteiger partial charge < -0.3 is 10.1 Å². The number of esters is 1. The summed E-state index contributed by atoms with van der Waals surface area (Å²) in [5, 5.41) is 14.0. The number of ether oxygens (including phenoxy) is 1. The fourth-order valence-electron chi connectivity index (χ4n) is 2.28. The lowest BCUT2D eigenvalue weighted by Crippen LogP contribution is -2.20. The van der Waals surface area contributed by atoms with E-state index in [1.807, 2.05) is 19.1 Å². The molecule has 1 heterocycles. The molecule has 0 fully saturated rings. The molecule has 1 amide bonds. The van der Waals surface area contributed by atoms with Gasteiger partial charge in [-0.25, -0.2) is 4.79 Å². The van der Waals surface area contributed by atoms with E-state index in [1.54, 1.807) is 18.2 Å². The first kappa shape index (κ1) is 17.6. The highest BCUT2D eigenvalue weighted by atomic mass is 32.1. The molecular weight excluding hydrogens is 356 g/mol. The Labute approximate surface area is 152 Å². The van der Waals surface area contributed by atoms with Crippen LogP contribution in [-0.2, 0) is 9.53 Å². The molecule has 7 nitrogen and oxygen atoms in total. The molecule has 0 aliphatic rings. The summed E-state index contributed by atoms with van der Waals surface area (Å²) in [5.74, 6) is -1.09. The number of amides is 1. The monoisotopic (exact) mass is 370 g/mol. The van der Waals surface area contributed by atoms with Gasteiger partial charge in [-0.1, -0.05) is 17.7 Å². The molecule has 0 bridgehead atoms. The Hall–Kier alpha value is -3.26. The van der Waals surface area contributed by atoms with E-state index in [1.165, 1.54) is 18.2 Å². The lowest BCUT2D eigenvalue weighted by molar-refractivity contribution is -0.384. The van der Waals surface area contributed by atoms with Crippen LogP contribution in [0.1, 0.15) is 15.2 Å². The Bertz CT molecular complexity index is 994. The molecule has 1 N–H and O–H groups in total. The van der Waals surface area contributed by atoms with Gasteiger partial charge in [-0.05, 0) is 31.2 Å². The largest absolute Gasteiger partial charge is 0.451 e. The minimum Gasteiger partial charge on any atom is -0.451 e. The predicted octanol–water partition coefficient (Wildman–Crippen LogP) is 3.91. The van der Waals surface area contributed by atoms with Gasteiger partial charge >= 0.3 is 5.97 Å². The molecule has 0 atom stereocenters. The molecule has 0 saturated carbocycles. The summed E-state index contributed by atoms with van der Waals surface area (Å²) in [6.07, 6.45) is 0. The molecule has 8 heteroatoms. The van der Waals surface area contributed by atoms with Crippen molar-refractivity contribution in [2.45, 2.75) is 6.92 Å². The van der Waals surface area contributed by atoms with Gasteiger partial charge in [0.15, 0.2) is 6.61 Å². The number of carbonyl (C=O) groups excluding carboxylic acids is 2. The molecule has 132 valence electrons. The van der Waals surface area contributed by atoms with E-state index in [9.17, 15) is 19.7 Å². The number of nitrogens with one attached hydrogen (secondary N) is 1. The lowest BCUT2D eigenvalue weighted by Gasteiger charge is -2.06. The quantitative estimate of drug-likeness (QED) is 0.417. The maximum absolute atomic E-state index is 12.1. The van der Waals surface area contributed by atoms with Crippen molar-refractivity contribution in [3.63, 3.8) is 0 Å². The number of hydrogen-bond donors (Lipinski definition) is 1. The topological polar surface area (TPSA) is 98.5 Å². The Morgan fingerprint density at radius 2 is 1.88 bits per heavy atom. The summed E-state index contributed by atoms with van der Waals surface area (Å²) >= 11 is 1.15. The number of nitrogens with zero attached hydrogens (tertiary/aromatic N) is 1. The summed E-state index contributed by atoms with van der Waals surface area (Å²) in [5.41, 5.74) is 1.64. The van der Waals surface area contributed by atoms with Gasteiger partial charge in [0, 0.05) is 27.9 Å². The summed E-state index contributed by atoms with van der Waals surface area (Å²) in [6.45, 7) is 1.52. The number of carbonyl (C=O) groups is 2. The van der Waals surface area contributed by atoms with Gasteiger partial charge in [-0.3, -0.25) is 14.9 Å². The summed E-state index contributed by atoms with van der Waals surface area (Å²) in [7, 11) is 0. The molecule has 0 spiro atoms. The van der Waals surface area contributed by atoms with Crippen LogP contribution < -0.4 is 5.32 Å². The van der Waals surface area contributed by atoms with Crippen LogP contribution in [0.5, 0.6) is 0 Å². The Morgan fingerprint density at radius 3 is 2.58 bits per heavy atom. The predicted molar refractivity (Wildman–Crippen MR) is 98.6 cm³/mol. The van der Waals surface area contributed by atoms with Gasteiger partial charge in [-0.2, -0.15) is 0 Å². The highest BCUT2D eigenvalue weighted by molar-refractivity contribution is 7.20. The van der Waals surface area contributed by atoms with Crippen LogP contribution in [0, 0.1) is 17.0 Å². The number of fused-ring (bicyclic) bond motifs is 1. The molecule has 0 radical (unpaired) electrons. The number of benzene rings is 2. The third-order valence-corrected chi connectivity index (χ3v) is 4.68. The van der Waals surface area contributed by atoms with Crippen molar-refractivity contribution < 1.29 is 19.2 Å². The zero-order chi connectivity index (χ0) is 18.7. The van der Waals surface area contributed by atoms with E-state index in [0.717, 1.165) is 21.6 Å². The normalized spacial score (nSPS) is 10.5. The maximum Gasteiger partial charge on any atom is 0.348 e. The molecule has 3 rings (SSSR count). The second-order valence-electron chi connectivity index (χ2n) is 5.58. The minimum atomic E-state index is -0.645. The molecule has 2 aromatic carbocycles. The van der Waals surface area contributed by atoms with Crippen LogP contribution in [0.4, 0.5) is 11.4 Å². The number of aryl methyl sites for hydroxylation is 1. The van der Waals surface area contributed by atoms with Crippen molar-refractivity contribution >= 4 is 44.7 Å². The van der Waals surface area contributed by atoms with Crippen LogP contribution in [0.2, 0.25) is 0 Å². The van der Waals surface area contributed by atoms with Crippen LogP contribution >= 0.6 is 11.3 Å². The lowest BCUT2D eigenvalue weighted by atomic mass is 10.2. The second-order valence-corrected chi connectivity index (χ2v) is 6.66. The van der Waals surface area contributed by atoms with Crippen LogP contribution in [0.15, 0.2) is 48.5 Å². The van der Waals surface area contributed by atoms with Crippen molar-refractivity contribution in [2.75, 3.05) is 11.9 Å². The van der Waals surface area contributed by atoms with Gasteiger partial charge in [0.05, 0.1) is 4.92 Å². The SMILES string of the molecule is Cc1ccc(NC(=O)COC(=O)c2cc3cc([N+](=O)[O-])ccc3s2)cc1. The van der Waals surface area contributed by atoms with Gasteiger partial charge in [0.2, 0.25) is 0 Å². The number of rotatable bonds is 5. The third kappa shape index (κ3) is 4.04. The number of nitro groups is 1. The first-order chi connectivity index (χ1) is 12.4. The number of hydrogen-bond acceptors (Lipinski definition) is 6. The minimum absolute atomic E-state index is 0.0484. The van der Waals surface area contributed by atoms with E-state index in [2.05, 4.69) is 5.32 Å². The van der Waals surface area contributed by atoms with E-state index in [0.29, 0.717) is 11.1 Å². The van der Waals surface area contributed by atoms with Crippen molar-refractivity contribution in [3.8, 4) is 0 Å². The first-order valence-corrected chi connectivity index (χ1v) is 8.45. The standard InChI is InChI=1S/C18H14N2O5S/c1-11-2-4-13(5-3-11)19-17(21)10-25-18(22)16-9-12-8-14(20(23)24)6-7-15(12)26-16/h2-9H,10H2,1H3,(H,19,21). The molecule has 0 aliphatic heterocycles. The number of anilines is 1. The van der Waals surface area contributed by atoms with E-state index in [-0.39, 0.29) is 10.6 Å². The molecule has 3 aromatic rings. The van der Waals surface area contributed by atoms with Crippen LogP contribution in [0.25, 0.3) is 10.1 Å². The summed E-state index contributed by atoms with van der Waals surface area (Å²) in [6, 6.07) is 13.1. The molecule has 1 aromatic heterocycles. The molecule has 0 saturated heterocycles. The number of nitro benzene ring substituents is 1. The van der Waals surface area contributed by atoms with E-state index < -0.39 is 23.4 Å². The fraction of sp³-hybridized carbons (Fsp3) is 0.111. The number of non-ortho nitro benzene ring substituents is 1. The first-order valence-electron chi connectivity index (χ1n) is 7.64.